The Hall–Kier alpha value is -2.86. The van der Waals surface area contributed by atoms with Gasteiger partial charge < -0.3 is 4.74 Å². The van der Waals surface area contributed by atoms with Crippen molar-refractivity contribution in [3.05, 3.63) is 59.5 Å². The largest absolute Gasteiger partial charge is 0.485 e. The van der Waals surface area contributed by atoms with Gasteiger partial charge in [0.15, 0.2) is 0 Å². The molecular formula is C20H19ClF3N5O3S. The first-order chi connectivity index (χ1) is 15.5. The number of aromatic nitrogens is 4. The Bertz CT molecular complexity index is 1250. The van der Waals surface area contributed by atoms with Crippen LogP contribution in [0.2, 0.25) is 5.02 Å². The van der Waals surface area contributed by atoms with Gasteiger partial charge in [0.05, 0.1) is 11.4 Å². The van der Waals surface area contributed by atoms with Crippen LogP contribution in [-0.4, -0.2) is 40.1 Å². The van der Waals surface area contributed by atoms with E-state index in [9.17, 15) is 21.6 Å². The summed E-state index contributed by atoms with van der Waals surface area (Å²) in [4.78, 5) is 6.65. The molecule has 0 unspecified atom stereocenters. The Balaban J connectivity index is 1.66. The lowest BCUT2D eigenvalue weighted by Crippen LogP contribution is -2.48. The maximum absolute atomic E-state index is 14.9. The van der Waals surface area contributed by atoms with Gasteiger partial charge in [0, 0.05) is 36.5 Å². The van der Waals surface area contributed by atoms with Crippen molar-refractivity contribution >= 4 is 27.4 Å². The molecule has 1 aliphatic rings. The standard InChI is InChI=1S/C20H19ClF3N5O3S/c1-19(10-20(23,24)5-2-12(19)15-3-7-27-28-15)32-16-9-14(22)17(8-13(16)21)33(30,31)29-18-4-6-25-11-26-18/h3-4,6-9,11-12H,2,5,10H2,1H3,(H,27,28)(H,25,26,29)/t12-,19-/m1/s1. The number of nitrogens with one attached hydrogen (secondary N) is 2. The van der Waals surface area contributed by atoms with Gasteiger partial charge >= 0.3 is 0 Å². The molecule has 0 bridgehead atoms. The van der Waals surface area contributed by atoms with E-state index in [0.717, 1.165) is 18.5 Å². The lowest BCUT2D eigenvalue weighted by molar-refractivity contribution is -0.116. The fourth-order valence-electron chi connectivity index (χ4n) is 4.03. The van der Waals surface area contributed by atoms with Crippen molar-refractivity contribution < 1.29 is 26.3 Å². The average Bonchev–Trinajstić information content (AvgIpc) is 3.24. The lowest BCUT2D eigenvalue weighted by Gasteiger charge is -2.44. The Kier molecular flexibility index (Phi) is 5.99. The van der Waals surface area contributed by atoms with E-state index in [1.807, 2.05) is 0 Å². The first-order valence-electron chi connectivity index (χ1n) is 9.83. The first kappa shape index (κ1) is 23.3. The fourth-order valence-corrected chi connectivity index (χ4v) is 5.39. The van der Waals surface area contributed by atoms with Crippen LogP contribution in [0, 0.1) is 5.82 Å². The van der Waals surface area contributed by atoms with E-state index in [-0.39, 0.29) is 29.4 Å². The molecule has 0 radical (unpaired) electrons. The first-order valence-corrected chi connectivity index (χ1v) is 11.7. The number of H-pyrrole nitrogens is 1. The minimum Gasteiger partial charge on any atom is -0.485 e. The van der Waals surface area contributed by atoms with Gasteiger partial charge in [-0.1, -0.05) is 11.6 Å². The fraction of sp³-hybridized carbons (Fsp3) is 0.350. The topological polar surface area (TPSA) is 110 Å². The molecule has 2 N–H and O–H groups in total. The summed E-state index contributed by atoms with van der Waals surface area (Å²) in [6.45, 7) is 1.49. The zero-order chi connectivity index (χ0) is 23.9. The Morgan fingerprint density at radius 2 is 2.06 bits per heavy atom. The number of halogens is 4. The second-order valence-electron chi connectivity index (χ2n) is 7.96. The van der Waals surface area contributed by atoms with Crippen molar-refractivity contribution in [3.8, 4) is 5.75 Å². The molecule has 1 aliphatic carbocycles. The lowest BCUT2D eigenvalue weighted by atomic mass is 9.73. The van der Waals surface area contributed by atoms with Gasteiger partial charge in [0.25, 0.3) is 15.9 Å². The van der Waals surface area contributed by atoms with E-state index < -0.39 is 44.6 Å². The van der Waals surface area contributed by atoms with Gasteiger partial charge in [0.1, 0.15) is 34.2 Å². The molecule has 4 rings (SSSR count). The van der Waals surface area contributed by atoms with Crippen molar-refractivity contribution in [1.82, 2.24) is 20.2 Å². The summed E-state index contributed by atoms with van der Waals surface area (Å²) in [6, 6.07) is 4.59. The molecule has 0 saturated heterocycles. The van der Waals surface area contributed by atoms with Crippen LogP contribution in [0.4, 0.5) is 19.0 Å². The van der Waals surface area contributed by atoms with E-state index in [0.29, 0.717) is 5.69 Å². The third-order valence-corrected chi connectivity index (χ3v) is 7.15. The predicted molar refractivity (Wildman–Crippen MR) is 113 cm³/mol. The summed E-state index contributed by atoms with van der Waals surface area (Å²) in [5, 5.41) is 6.40. The normalized spacial score (nSPS) is 22.6. The molecule has 2 heterocycles. The highest BCUT2D eigenvalue weighted by Crippen LogP contribution is 2.49. The van der Waals surface area contributed by atoms with Crippen molar-refractivity contribution in [2.24, 2.45) is 0 Å². The van der Waals surface area contributed by atoms with Gasteiger partial charge in [-0.2, -0.15) is 5.10 Å². The minimum atomic E-state index is -4.38. The quantitative estimate of drug-likeness (QED) is 0.513. The SMILES string of the molecule is C[C@@]1(Oc2cc(F)c(S(=O)(=O)Nc3ccncn3)cc2Cl)CC(F)(F)CC[C@@H]1c1ccn[nH]1. The van der Waals surface area contributed by atoms with Gasteiger partial charge in [-0.05, 0) is 31.5 Å². The number of rotatable bonds is 6. The molecule has 2 atom stereocenters. The van der Waals surface area contributed by atoms with Crippen molar-refractivity contribution in [2.75, 3.05) is 4.72 Å². The molecule has 3 aromatic rings. The van der Waals surface area contributed by atoms with Gasteiger partial charge in [-0.3, -0.25) is 9.82 Å². The van der Waals surface area contributed by atoms with E-state index in [4.69, 9.17) is 16.3 Å². The Morgan fingerprint density at radius 1 is 1.27 bits per heavy atom. The molecule has 0 aliphatic heterocycles. The average molecular weight is 502 g/mol. The van der Waals surface area contributed by atoms with Crippen LogP contribution in [0.5, 0.6) is 5.75 Å². The smallest absolute Gasteiger partial charge is 0.266 e. The van der Waals surface area contributed by atoms with Gasteiger partial charge in [-0.15, -0.1) is 0 Å². The van der Waals surface area contributed by atoms with Crippen LogP contribution in [0.3, 0.4) is 0 Å². The summed E-state index contributed by atoms with van der Waals surface area (Å²) in [5.74, 6) is -4.98. The van der Waals surface area contributed by atoms with Crippen molar-refractivity contribution in [2.45, 2.75) is 48.5 Å². The highest BCUT2D eigenvalue weighted by Gasteiger charge is 2.51. The second-order valence-corrected chi connectivity index (χ2v) is 10.0. The number of nitrogens with zero attached hydrogens (tertiary/aromatic N) is 3. The third kappa shape index (κ3) is 4.91. The zero-order valence-electron chi connectivity index (χ0n) is 17.2. The van der Waals surface area contributed by atoms with Crippen LogP contribution < -0.4 is 9.46 Å². The molecule has 8 nitrogen and oxygen atoms in total. The highest BCUT2D eigenvalue weighted by molar-refractivity contribution is 7.92. The summed E-state index contributed by atoms with van der Waals surface area (Å²) in [7, 11) is -4.38. The minimum absolute atomic E-state index is 0.0693. The monoisotopic (exact) mass is 501 g/mol. The number of anilines is 1. The second kappa shape index (κ2) is 8.49. The molecule has 0 spiro atoms. The highest BCUT2D eigenvalue weighted by atomic mass is 35.5. The predicted octanol–water partition coefficient (Wildman–Crippen LogP) is 4.53. The van der Waals surface area contributed by atoms with E-state index >= 15 is 0 Å². The number of benzene rings is 1. The Labute approximate surface area is 192 Å². The molecule has 1 fully saturated rings. The maximum Gasteiger partial charge on any atom is 0.266 e. The molecular weight excluding hydrogens is 483 g/mol. The van der Waals surface area contributed by atoms with Crippen LogP contribution in [-0.2, 0) is 10.0 Å². The van der Waals surface area contributed by atoms with Crippen LogP contribution in [0.15, 0.2) is 47.9 Å². The molecule has 1 saturated carbocycles. The molecule has 33 heavy (non-hydrogen) atoms. The van der Waals surface area contributed by atoms with Crippen LogP contribution in [0.25, 0.3) is 0 Å². The van der Waals surface area contributed by atoms with Crippen molar-refractivity contribution in [3.63, 3.8) is 0 Å². The van der Waals surface area contributed by atoms with Crippen molar-refractivity contribution in [1.29, 1.82) is 0 Å². The number of hydrogen-bond donors (Lipinski definition) is 2. The van der Waals surface area contributed by atoms with Crippen LogP contribution in [0.1, 0.15) is 37.8 Å². The summed E-state index contributed by atoms with van der Waals surface area (Å²) in [6.07, 6.45) is 3.04. The zero-order valence-corrected chi connectivity index (χ0v) is 18.8. The number of hydrogen-bond acceptors (Lipinski definition) is 6. The Morgan fingerprint density at radius 3 is 2.73 bits per heavy atom. The number of aromatic amines is 1. The molecule has 1 aromatic carbocycles. The molecule has 176 valence electrons. The molecule has 13 heteroatoms. The molecule has 2 aromatic heterocycles. The number of sulfonamides is 1. The number of ether oxygens (including phenoxy) is 1. The van der Waals surface area contributed by atoms with Crippen LogP contribution >= 0.6 is 11.6 Å². The van der Waals surface area contributed by atoms with E-state index in [1.54, 1.807) is 6.07 Å². The summed E-state index contributed by atoms with van der Waals surface area (Å²) >= 11 is 6.22. The summed E-state index contributed by atoms with van der Waals surface area (Å²) in [5.41, 5.74) is -0.873. The maximum atomic E-state index is 14.9. The molecule has 0 amide bonds. The van der Waals surface area contributed by atoms with Gasteiger partial charge in [-0.25, -0.2) is 31.6 Å². The van der Waals surface area contributed by atoms with E-state index in [2.05, 4.69) is 24.9 Å². The number of alkyl halides is 2. The van der Waals surface area contributed by atoms with Gasteiger partial charge in [0.2, 0.25) is 0 Å². The summed E-state index contributed by atoms with van der Waals surface area (Å²) < 4.78 is 76.7. The third-order valence-electron chi connectivity index (χ3n) is 5.48. The van der Waals surface area contributed by atoms with E-state index in [1.165, 1.54) is 25.4 Å².